The quantitative estimate of drug-likeness (QED) is 0.577. The van der Waals surface area contributed by atoms with Crippen molar-refractivity contribution in [3.8, 4) is 5.69 Å². The minimum atomic E-state index is -0.835. The van der Waals surface area contributed by atoms with Crippen molar-refractivity contribution in [2.45, 2.75) is 12.8 Å². The van der Waals surface area contributed by atoms with Crippen molar-refractivity contribution < 1.29 is 15.0 Å². The van der Waals surface area contributed by atoms with Crippen LogP contribution >= 0.6 is 22.9 Å². The Morgan fingerprint density at radius 3 is 2.69 bits per heavy atom. The number of carbonyl (C=O) groups is 1. The van der Waals surface area contributed by atoms with E-state index in [1.807, 2.05) is 35.0 Å². The van der Waals surface area contributed by atoms with Crippen molar-refractivity contribution in [3.63, 3.8) is 0 Å². The summed E-state index contributed by atoms with van der Waals surface area (Å²) < 4.78 is 2.41. The molecule has 4 rings (SSSR count). The summed E-state index contributed by atoms with van der Waals surface area (Å²) >= 11 is 7.08. The van der Waals surface area contributed by atoms with E-state index in [9.17, 15) is 15.0 Å². The van der Waals surface area contributed by atoms with Crippen LogP contribution in [0.2, 0.25) is 4.34 Å². The van der Waals surface area contributed by atoms with Crippen LogP contribution in [-0.4, -0.2) is 31.9 Å². The Morgan fingerprint density at radius 1 is 1.21 bits per heavy atom. The van der Waals surface area contributed by atoms with Gasteiger partial charge in [-0.15, -0.1) is 11.3 Å². The smallest absolute Gasteiger partial charge is 0.261 e. The molecule has 3 N–H and O–H groups in total. The lowest BCUT2D eigenvalue weighted by Gasteiger charge is -2.27. The van der Waals surface area contributed by atoms with Gasteiger partial charge in [0.1, 0.15) is 5.76 Å². The predicted molar refractivity (Wildman–Crippen MR) is 112 cm³/mol. The van der Waals surface area contributed by atoms with E-state index < -0.39 is 6.23 Å². The third-order valence-electron chi connectivity index (χ3n) is 4.30. The number of carbonyl (C=O) groups excluding carboxylic acids is 1. The first-order valence-electron chi connectivity index (χ1n) is 8.72. The maximum Gasteiger partial charge on any atom is 0.261 e. The van der Waals surface area contributed by atoms with Gasteiger partial charge in [0.2, 0.25) is 0 Å². The van der Waals surface area contributed by atoms with Gasteiger partial charge < -0.3 is 25.0 Å². The fourth-order valence-corrected chi connectivity index (χ4v) is 3.81. The molecule has 0 saturated carbocycles. The first-order chi connectivity index (χ1) is 14.0. The maximum absolute atomic E-state index is 12.1. The van der Waals surface area contributed by atoms with E-state index in [0.29, 0.717) is 15.8 Å². The highest BCUT2D eigenvalue weighted by molar-refractivity contribution is 7.17. The van der Waals surface area contributed by atoms with Gasteiger partial charge in [0.05, 0.1) is 27.8 Å². The number of anilines is 1. The van der Waals surface area contributed by atoms with E-state index in [2.05, 4.69) is 10.3 Å². The molecule has 1 unspecified atom stereocenters. The zero-order valence-electron chi connectivity index (χ0n) is 15.1. The summed E-state index contributed by atoms with van der Waals surface area (Å²) in [6.45, 7) is 0.301. The highest BCUT2D eigenvalue weighted by Crippen LogP contribution is 2.23. The molecule has 0 aliphatic carbocycles. The molecule has 7 nitrogen and oxygen atoms in total. The second-order valence-corrected chi connectivity index (χ2v) is 8.02. The molecule has 1 amide bonds. The fraction of sp³-hybridized carbons (Fsp3) is 0.100. The number of hydrogen-bond acceptors (Lipinski definition) is 6. The topological polar surface area (TPSA) is 90.6 Å². The van der Waals surface area contributed by atoms with Gasteiger partial charge in [-0.3, -0.25) is 4.79 Å². The highest BCUT2D eigenvalue weighted by atomic mass is 35.5. The number of allylic oxidation sites excluding steroid dienone is 1. The predicted octanol–water partition coefficient (Wildman–Crippen LogP) is 3.61. The molecule has 1 aromatic carbocycles. The van der Waals surface area contributed by atoms with Gasteiger partial charge in [-0.05, 0) is 48.6 Å². The van der Waals surface area contributed by atoms with E-state index >= 15 is 0 Å². The summed E-state index contributed by atoms with van der Waals surface area (Å²) in [6, 6.07) is 10.8. The minimum absolute atomic E-state index is 0.0745. The molecule has 29 heavy (non-hydrogen) atoms. The van der Waals surface area contributed by atoms with Crippen LogP contribution in [-0.2, 0) is 6.54 Å². The van der Waals surface area contributed by atoms with Crippen LogP contribution in [0.1, 0.15) is 15.4 Å². The normalized spacial score (nSPS) is 16.0. The Morgan fingerprint density at radius 2 is 1.97 bits per heavy atom. The third-order valence-corrected chi connectivity index (χ3v) is 5.53. The monoisotopic (exact) mass is 428 g/mol. The standard InChI is InChI=1S/C20H17ClN4O3S/c21-18-7-6-17(29-18)20(28)22-9-13-10-24(12-23-13)14-1-3-15(4-2-14)25-11-16(26)5-8-19(25)27/h1-8,10-12,19,26-27H,9H2,(H,22,28). The number of thiophene rings is 1. The molecule has 0 saturated heterocycles. The Hall–Kier alpha value is -3.07. The van der Waals surface area contributed by atoms with Crippen LogP contribution in [0.25, 0.3) is 5.69 Å². The Labute approximate surface area is 175 Å². The van der Waals surface area contributed by atoms with Crippen LogP contribution in [0, 0.1) is 0 Å². The number of rotatable bonds is 5. The van der Waals surface area contributed by atoms with Crippen molar-refractivity contribution in [3.05, 3.63) is 87.9 Å². The van der Waals surface area contributed by atoms with E-state index in [4.69, 9.17) is 11.6 Å². The van der Waals surface area contributed by atoms with Crippen molar-refractivity contribution in [1.29, 1.82) is 0 Å². The molecular formula is C20H17ClN4O3S. The highest BCUT2D eigenvalue weighted by Gasteiger charge is 2.16. The molecule has 148 valence electrons. The van der Waals surface area contributed by atoms with Crippen LogP contribution < -0.4 is 10.2 Å². The number of benzene rings is 1. The number of aromatic nitrogens is 2. The summed E-state index contributed by atoms with van der Waals surface area (Å²) in [4.78, 5) is 18.5. The van der Waals surface area contributed by atoms with Gasteiger partial charge in [0.15, 0.2) is 6.23 Å². The van der Waals surface area contributed by atoms with Crippen molar-refractivity contribution in [2.75, 3.05) is 4.90 Å². The first-order valence-corrected chi connectivity index (χ1v) is 9.91. The molecule has 3 aromatic rings. The van der Waals surface area contributed by atoms with E-state index in [1.54, 1.807) is 23.4 Å². The maximum atomic E-state index is 12.1. The molecule has 0 fully saturated rings. The zero-order valence-corrected chi connectivity index (χ0v) is 16.6. The third kappa shape index (κ3) is 4.34. The summed E-state index contributed by atoms with van der Waals surface area (Å²) in [5.41, 5.74) is 2.33. The van der Waals surface area contributed by atoms with Crippen molar-refractivity contribution in [2.24, 2.45) is 0 Å². The van der Waals surface area contributed by atoms with E-state index in [0.717, 1.165) is 17.1 Å². The Bertz CT molecular complexity index is 1090. The molecule has 9 heteroatoms. The first kappa shape index (κ1) is 19.3. The second-order valence-electron chi connectivity index (χ2n) is 6.31. The lowest BCUT2D eigenvalue weighted by atomic mass is 10.2. The van der Waals surface area contributed by atoms with Crippen molar-refractivity contribution >= 4 is 34.5 Å². The fourth-order valence-electron chi connectivity index (χ4n) is 2.85. The lowest BCUT2D eigenvalue weighted by Crippen LogP contribution is -2.30. The van der Waals surface area contributed by atoms with Gasteiger partial charge in [0, 0.05) is 23.8 Å². The van der Waals surface area contributed by atoms with Crippen LogP contribution in [0.15, 0.2) is 73.0 Å². The van der Waals surface area contributed by atoms with Gasteiger partial charge in [-0.1, -0.05) is 11.6 Å². The van der Waals surface area contributed by atoms with Gasteiger partial charge >= 0.3 is 0 Å². The molecule has 0 bridgehead atoms. The minimum Gasteiger partial charge on any atom is -0.506 e. The second kappa shape index (κ2) is 8.12. The Kier molecular flexibility index (Phi) is 5.39. The molecule has 1 aliphatic rings. The van der Waals surface area contributed by atoms with Crippen LogP contribution in [0.5, 0.6) is 0 Å². The average Bonchev–Trinajstić information content (AvgIpc) is 3.37. The lowest BCUT2D eigenvalue weighted by molar-refractivity contribution is 0.0954. The van der Waals surface area contributed by atoms with Gasteiger partial charge in [-0.2, -0.15) is 0 Å². The van der Waals surface area contributed by atoms with Crippen LogP contribution in [0.3, 0.4) is 0 Å². The molecule has 0 spiro atoms. The SMILES string of the molecule is O=C(NCc1cn(-c2ccc(N3C=C(O)C=CC3O)cc2)cn1)c1ccc(Cl)s1. The molecule has 3 heterocycles. The average molecular weight is 429 g/mol. The van der Waals surface area contributed by atoms with E-state index in [-0.39, 0.29) is 11.7 Å². The molecule has 1 atom stereocenters. The number of aliphatic hydroxyl groups excluding tert-OH is 2. The molecular weight excluding hydrogens is 412 g/mol. The van der Waals surface area contributed by atoms with Gasteiger partial charge in [0.25, 0.3) is 5.91 Å². The molecule has 1 aliphatic heterocycles. The van der Waals surface area contributed by atoms with Crippen LogP contribution in [0.4, 0.5) is 5.69 Å². The Balaban J connectivity index is 1.41. The van der Waals surface area contributed by atoms with Crippen molar-refractivity contribution in [1.82, 2.24) is 14.9 Å². The number of hydrogen-bond donors (Lipinski definition) is 3. The summed E-state index contributed by atoms with van der Waals surface area (Å²) in [6.07, 6.45) is 7.10. The molecule has 2 aromatic heterocycles. The zero-order chi connectivity index (χ0) is 20.4. The summed E-state index contributed by atoms with van der Waals surface area (Å²) in [5.74, 6) is -0.114. The number of halogens is 1. The number of amides is 1. The molecule has 0 radical (unpaired) electrons. The number of aliphatic hydroxyl groups is 2. The van der Waals surface area contributed by atoms with Gasteiger partial charge in [-0.25, -0.2) is 4.98 Å². The number of nitrogens with one attached hydrogen (secondary N) is 1. The summed E-state index contributed by atoms with van der Waals surface area (Å²) in [5, 5.41) is 22.5. The largest absolute Gasteiger partial charge is 0.506 e. The summed E-state index contributed by atoms with van der Waals surface area (Å²) in [7, 11) is 0. The number of imidazole rings is 1. The number of nitrogens with zero attached hydrogens (tertiary/aromatic N) is 3. The van der Waals surface area contributed by atoms with E-state index in [1.165, 1.54) is 29.7 Å².